The molecule has 0 heterocycles. The molecule has 4 aliphatic rings. The van der Waals surface area contributed by atoms with Crippen molar-refractivity contribution in [3.05, 3.63) is 136 Å². The Balaban J connectivity index is 0. The van der Waals surface area contributed by atoms with Crippen molar-refractivity contribution in [2.24, 2.45) is 0 Å². The fourth-order valence-corrected chi connectivity index (χ4v) is 3.93. The minimum absolute atomic E-state index is 0. The first-order valence-corrected chi connectivity index (χ1v) is 14.5. The van der Waals surface area contributed by atoms with Crippen molar-refractivity contribution in [2.75, 3.05) is 0 Å². The predicted octanol–water partition coefficient (Wildman–Crippen LogP) is 8.47. The Bertz CT molecular complexity index is 697. The third-order valence-corrected chi connectivity index (χ3v) is 8.22. The summed E-state index contributed by atoms with van der Waals surface area (Å²) in [5.41, 5.74) is -5.53. The van der Waals surface area contributed by atoms with E-state index in [1.807, 2.05) is 64.2 Å². The summed E-state index contributed by atoms with van der Waals surface area (Å²) in [7, 11) is -5.84. The number of hydrogen-bond donors (Lipinski definition) is 1. The van der Waals surface area contributed by atoms with Crippen LogP contribution in [0, 0.1) is 136 Å². The van der Waals surface area contributed by atoms with Gasteiger partial charge in [-0.3, -0.25) is 4.55 Å². The monoisotopic (exact) mass is 794 g/mol. The molecule has 22 radical (unpaired) electrons. The van der Waals surface area contributed by atoms with E-state index in [1.54, 1.807) is 0 Å². The maximum absolute atomic E-state index is 10.7. The van der Waals surface area contributed by atoms with Crippen molar-refractivity contribution in [2.45, 2.75) is 74.7 Å². The molecule has 4 aliphatic carbocycles. The summed E-state index contributed by atoms with van der Waals surface area (Å²) in [6.45, 7) is 22.0. The smallest absolute Gasteiger partial charge is 0.361 e. The Kier molecular flexibility index (Phi) is 22.5. The van der Waals surface area contributed by atoms with E-state index in [2.05, 4.69) is 69.2 Å². The summed E-state index contributed by atoms with van der Waals surface area (Å²) in [5.74, 6) is 14.7. The molecule has 43 heavy (non-hydrogen) atoms. The summed E-state index contributed by atoms with van der Waals surface area (Å²) in [4.78, 5) is 0. The van der Waals surface area contributed by atoms with Crippen LogP contribution in [-0.2, 0) is 53.8 Å². The zero-order chi connectivity index (χ0) is 31.7. The fraction of sp³-hybridized carbons (Fsp3) is 0.333. The quantitative estimate of drug-likeness (QED) is 0.173. The second-order valence-electron chi connectivity index (χ2n) is 9.90. The SMILES string of the molecule is C[C]1[C](C)[C](C)[C](C)[C]1C.C[C]1[C](C)[C](C)[C](C)[C]1C.O=S(=O)(O)C(F)(F)F.[CH]1[CH][CH][C](O[C]2[CH][CH][CH][CH][CH]2)[CH][CH]1.[Ru].[Ru]. The van der Waals surface area contributed by atoms with Crippen LogP contribution in [0.1, 0.15) is 69.2 Å². The first-order valence-electron chi connectivity index (χ1n) is 13.0. The molecular formula is C33H41F3O4Ru2S. The van der Waals surface area contributed by atoms with Crippen molar-refractivity contribution < 1.29 is 69.8 Å². The average Bonchev–Trinajstić information content (AvgIpc) is 3.19. The summed E-state index contributed by atoms with van der Waals surface area (Å²) in [5, 5.41) is 0. The van der Waals surface area contributed by atoms with Crippen LogP contribution >= 0.6 is 0 Å². The van der Waals surface area contributed by atoms with Crippen molar-refractivity contribution in [3.8, 4) is 0 Å². The van der Waals surface area contributed by atoms with Gasteiger partial charge in [-0.2, -0.15) is 21.6 Å². The van der Waals surface area contributed by atoms with E-state index < -0.39 is 15.6 Å². The summed E-state index contributed by atoms with van der Waals surface area (Å²) < 4.78 is 63.1. The van der Waals surface area contributed by atoms with Gasteiger partial charge in [0.05, 0.1) is 0 Å². The Labute approximate surface area is 288 Å². The van der Waals surface area contributed by atoms with E-state index in [9.17, 15) is 13.2 Å². The molecule has 0 spiro atoms. The van der Waals surface area contributed by atoms with Crippen LogP contribution in [0.15, 0.2) is 0 Å². The van der Waals surface area contributed by atoms with Crippen LogP contribution < -0.4 is 0 Å². The van der Waals surface area contributed by atoms with Crippen LogP contribution in [0.2, 0.25) is 0 Å². The first kappa shape index (κ1) is 46.0. The fourth-order valence-electron chi connectivity index (χ4n) is 3.93. The van der Waals surface area contributed by atoms with Gasteiger partial charge in [0.2, 0.25) is 0 Å². The van der Waals surface area contributed by atoms with Gasteiger partial charge in [-0.15, -0.1) is 0 Å². The van der Waals surface area contributed by atoms with Gasteiger partial charge in [0, 0.05) is 64.6 Å². The molecule has 0 unspecified atom stereocenters. The van der Waals surface area contributed by atoms with Gasteiger partial charge in [0.25, 0.3) is 0 Å². The molecule has 0 atom stereocenters. The standard InChI is InChI=1S/C12H10O.2C10H15.CHF3O3S.2Ru/c1-3-7-11(8-4-1)13-12-9-5-2-6-10-12;2*1-6-7(2)9(4)10(5)8(6)3;2-1(3,4)8(5,6)7;;/h1-10H;2*1-5H3;(H,5,6,7);;. The number of hydrogen-bond acceptors (Lipinski definition) is 3. The van der Waals surface area contributed by atoms with Gasteiger partial charge in [0.1, 0.15) is 12.2 Å². The molecule has 1 N–H and O–H groups in total. The zero-order valence-electron chi connectivity index (χ0n) is 26.2. The van der Waals surface area contributed by atoms with Gasteiger partial charge in [0.15, 0.2) is 0 Å². The molecule has 4 fully saturated rings. The molecule has 0 amide bonds. The van der Waals surface area contributed by atoms with Gasteiger partial charge >= 0.3 is 15.6 Å². The van der Waals surface area contributed by atoms with Gasteiger partial charge in [-0.1, -0.05) is 69.2 Å². The Hall–Kier alpha value is 0.907. The summed E-state index contributed by atoms with van der Waals surface area (Å²) in [6, 6.07) is 0. The van der Waals surface area contributed by atoms with Crippen LogP contribution in [0.25, 0.3) is 0 Å². The van der Waals surface area contributed by atoms with Crippen LogP contribution in [-0.4, -0.2) is 18.5 Å². The normalized spacial score (nSPS) is 24.2. The molecule has 0 bridgehead atoms. The Morgan fingerprint density at radius 3 is 0.791 bits per heavy atom. The molecule has 0 aromatic rings. The Morgan fingerprint density at radius 2 is 0.651 bits per heavy atom. The number of halogens is 3. The molecule has 10 heteroatoms. The van der Waals surface area contributed by atoms with Crippen molar-refractivity contribution in [3.63, 3.8) is 0 Å². The average molecular weight is 793 g/mol. The maximum atomic E-state index is 10.7. The molecule has 4 rings (SSSR count). The molecule has 4 nitrogen and oxygen atoms in total. The predicted molar refractivity (Wildman–Crippen MR) is 157 cm³/mol. The second-order valence-corrected chi connectivity index (χ2v) is 11.3. The maximum Gasteiger partial charge on any atom is 0.522 e. The molecule has 240 valence electrons. The van der Waals surface area contributed by atoms with E-state index in [1.165, 1.54) is 59.2 Å². The van der Waals surface area contributed by atoms with Crippen LogP contribution in [0.3, 0.4) is 0 Å². The summed E-state index contributed by atoms with van der Waals surface area (Å²) in [6.07, 6.45) is 21.3. The van der Waals surface area contributed by atoms with Crippen molar-refractivity contribution in [1.82, 2.24) is 0 Å². The number of alkyl halides is 3. The number of ether oxygens (including phenoxy) is 1. The largest absolute Gasteiger partial charge is 0.522 e. The van der Waals surface area contributed by atoms with Gasteiger partial charge in [-0.05, 0) is 97.7 Å². The van der Waals surface area contributed by atoms with Gasteiger partial charge < -0.3 is 4.74 Å². The number of rotatable bonds is 2. The topological polar surface area (TPSA) is 63.6 Å². The molecular weight excluding hydrogens is 752 g/mol. The second kappa shape index (κ2) is 21.0. The molecule has 4 saturated carbocycles. The Morgan fingerprint density at radius 1 is 0.488 bits per heavy atom. The molecule has 0 saturated heterocycles. The van der Waals surface area contributed by atoms with Gasteiger partial charge in [-0.25, -0.2) is 0 Å². The third-order valence-electron chi connectivity index (χ3n) is 7.64. The minimum Gasteiger partial charge on any atom is -0.361 e. The summed E-state index contributed by atoms with van der Waals surface area (Å²) >= 11 is 0. The van der Waals surface area contributed by atoms with E-state index in [-0.39, 0.29) is 39.0 Å². The van der Waals surface area contributed by atoms with Crippen LogP contribution in [0.5, 0.6) is 0 Å². The zero-order valence-corrected chi connectivity index (χ0v) is 30.5. The van der Waals surface area contributed by atoms with E-state index in [0.29, 0.717) is 0 Å². The van der Waals surface area contributed by atoms with E-state index in [0.717, 1.165) is 12.2 Å². The van der Waals surface area contributed by atoms with E-state index >= 15 is 0 Å². The minimum atomic E-state index is -5.84. The third kappa shape index (κ3) is 14.7. The molecule has 0 aromatic carbocycles. The molecule has 0 aliphatic heterocycles. The molecule has 0 aromatic heterocycles. The van der Waals surface area contributed by atoms with E-state index in [4.69, 9.17) is 17.7 Å². The first-order chi connectivity index (χ1) is 18.8. The van der Waals surface area contributed by atoms with Crippen molar-refractivity contribution >= 4 is 10.1 Å². The van der Waals surface area contributed by atoms with Crippen molar-refractivity contribution in [1.29, 1.82) is 0 Å². The van der Waals surface area contributed by atoms with Crippen LogP contribution in [0.4, 0.5) is 13.2 Å².